The summed E-state index contributed by atoms with van der Waals surface area (Å²) in [4.78, 5) is 12.0. The van der Waals surface area contributed by atoms with Crippen molar-refractivity contribution in [3.05, 3.63) is 29.5 Å². The van der Waals surface area contributed by atoms with Crippen molar-refractivity contribution in [1.82, 2.24) is 9.88 Å². The van der Waals surface area contributed by atoms with Crippen LogP contribution in [0, 0.1) is 28.6 Å². The second kappa shape index (κ2) is 8.84. The van der Waals surface area contributed by atoms with Crippen LogP contribution in [-0.2, 0) is 17.8 Å². The van der Waals surface area contributed by atoms with Gasteiger partial charge in [0.2, 0.25) is 5.89 Å². The summed E-state index contributed by atoms with van der Waals surface area (Å²) in [6.07, 6.45) is 14.0. The molecule has 1 N–H and O–H groups in total. The molecule has 0 aliphatic heterocycles. The van der Waals surface area contributed by atoms with Gasteiger partial charge in [0.1, 0.15) is 12.4 Å². The van der Waals surface area contributed by atoms with Crippen molar-refractivity contribution in [3.8, 4) is 0 Å². The lowest BCUT2D eigenvalue weighted by atomic mass is 9.47. The first-order valence-electron chi connectivity index (χ1n) is 13.0. The lowest BCUT2D eigenvalue weighted by Crippen LogP contribution is -2.51. The van der Waals surface area contributed by atoms with E-state index < -0.39 is 0 Å². The summed E-state index contributed by atoms with van der Waals surface area (Å²) in [5.74, 6) is 3.82. The summed E-state index contributed by atoms with van der Waals surface area (Å²) in [5, 5.41) is 15.2. The first kappa shape index (κ1) is 23.1. The predicted octanol–water partition coefficient (Wildman–Crippen LogP) is 4.98. The Kier molecular flexibility index (Phi) is 6.19. The molecule has 33 heavy (non-hydrogen) atoms. The van der Waals surface area contributed by atoms with Crippen LogP contribution in [0.5, 0.6) is 0 Å². The molecule has 6 nitrogen and oxygen atoms in total. The van der Waals surface area contributed by atoms with Gasteiger partial charge in [-0.1, -0.05) is 24.6 Å². The van der Waals surface area contributed by atoms with Crippen molar-refractivity contribution >= 4 is 5.71 Å². The molecule has 3 saturated carbocycles. The molecule has 0 spiro atoms. The van der Waals surface area contributed by atoms with Crippen LogP contribution in [-0.4, -0.2) is 47.5 Å². The van der Waals surface area contributed by atoms with Crippen LogP contribution >= 0.6 is 0 Å². The minimum absolute atomic E-state index is 0.0908. The average Bonchev–Trinajstić information content (AvgIpc) is 3.34. The molecule has 0 aromatic carbocycles. The molecular weight excluding hydrogens is 414 g/mol. The van der Waals surface area contributed by atoms with Gasteiger partial charge in [0.05, 0.1) is 24.6 Å². The highest BCUT2D eigenvalue weighted by Gasteiger charge is 2.58. The van der Waals surface area contributed by atoms with Crippen molar-refractivity contribution in [2.24, 2.45) is 33.7 Å². The Morgan fingerprint density at radius 1 is 1.15 bits per heavy atom. The number of aliphatic hydroxyl groups is 1. The van der Waals surface area contributed by atoms with E-state index in [1.807, 2.05) is 19.0 Å². The van der Waals surface area contributed by atoms with Gasteiger partial charge in [0.25, 0.3) is 0 Å². The van der Waals surface area contributed by atoms with Gasteiger partial charge in [-0.15, -0.1) is 0 Å². The van der Waals surface area contributed by atoms with Crippen molar-refractivity contribution in [3.63, 3.8) is 0 Å². The minimum Gasteiger partial charge on any atom is -0.444 e. The van der Waals surface area contributed by atoms with Crippen LogP contribution in [0.2, 0.25) is 0 Å². The third kappa shape index (κ3) is 4.18. The average molecular weight is 456 g/mol. The van der Waals surface area contributed by atoms with Gasteiger partial charge in [-0.2, -0.15) is 0 Å². The standard InChI is InChI=1S/C27H41N3O3/c1-26-12-9-19(29-32-14-11-20-16-28-25(33-20)17-30(3)4)15-18(26)5-6-21-22-7-8-24(31)27(22,2)13-10-23(21)26/h15-16,21-24,31H,5-14,17H2,1-4H3/b29-19-/t21?,22?,23?,24-,26-,27-/m0/s1. The van der Waals surface area contributed by atoms with E-state index in [9.17, 15) is 5.11 Å². The number of rotatable bonds is 6. The SMILES string of the molecule is CN(C)Cc1ncc(CCO/N=C2\C=C3CCC4C(CC[C@@]5(C)C4CC[C@@H]5O)[C@@]3(C)CC2)o1. The highest BCUT2D eigenvalue weighted by molar-refractivity contribution is 5.96. The molecule has 1 heterocycles. The molecule has 1 aromatic heterocycles. The number of oxime groups is 1. The third-order valence-electron chi connectivity index (χ3n) is 9.60. The monoisotopic (exact) mass is 455 g/mol. The number of allylic oxidation sites excluding steroid dienone is 2. The maximum atomic E-state index is 10.7. The molecule has 0 bridgehead atoms. The molecule has 4 aliphatic rings. The summed E-state index contributed by atoms with van der Waals surface area (Å²) < 4.78 is 5.76. The number of aromatic nitrogens is 1. The Morgan fingerprint density at radius 3 is 2.82 bits per heavy atom. The molecule has 0 radical (unpaired) electrons. The van der Waals surface area contributed by atoms with Gasteiger partial charge in [0.15, 0.2) is 0 Å². The predicted molar refractivity (Wildman–Crippen MR) is 129 cm³/mol. The van der Waals surface area contributed by atoms with E-state index >= 15 is 0 Å². The number of fused-ring (bicyclic) bond motifs is 5. The Morgan fingerprint density at radius 2 is 2.00 bits per heavy atom. The Labute approximate surface area is 198 Å². The lowest BCUT2D eigenvalue weighted by Gasteiger charge is -2.57. The van der Waals surface area contributed by atoms with Gasteiger partial charge in [0, 0.05) is 6.42 Å². The molecule has 182 valence electrons. The van der Waals surface area contributed by atoms with Crippen molar-refractivity contribution in [1.29, 1.82) is 0 Å². The smallest absolute Gasteiger partial charge is 0.208 e. The third-order valence-corrected chi connectivity index (χ3v) is 9.60. The van der Waals surface area contributed by atoms with Gasteiger partial charge in [-0.25, -0.2) is 4.98 Å². The Bertz CT molecular complexity index is 921. The summed E-state index contributed by atoms with van der Waals surface area (Å²) in [6.45, 7) is 6.09. The number of hydrogen-bond acceptors (Lipinski definition) is 6. The number of hydrogen-bond donors (Lipinski definition) is 1. The highest BCUT2D eigenvalue weighted by atomic mass is 16.6. The molecule has 1 aromatic rings. The minimum atomic E-state index is -0.0908. The van der Waals surface area contributed by atoms with Crippen molar-refractivity contribution in [2.45, 2.75) is 84.3 Å². The van der Waals surface area contributed by atoms with Crippen LogP contribution in [0.15, 0.2) is 27.4 Å². The van der Waals surface area contributed by atoms with E-state index in [1.165, 1.54) is 38.5 Å². The van der Waals surface area contributed by atoms with E-state index in [2.05, 4.69) is 30.1 Å². The largest absolute Gasteiger partial charge is 0.444 e. The fourth-order valence-corrected chi connectivity index (χ4v) is 7.70. The van der Waals surface area contributed by atoms with E-state index in [0.29, 0.717) is 30.9 Å². The van der Waals surface area contributed by atoms with Gasteiger partial charge >= 0.3 is 0 Å². The molecule has 0 amide bonds. The maximum absolute atomic E-state index is 10.7. The summed E-state index contributed by atoms with van der Waals surface area (Å²) in [5.41, 5.74) is 3.12. The van der Waals surface area contributed by atoms with E-state index in [1.54, 1.807) is 11.8 Å². The molecule has 4 aliphatic carbocycles. The number of aliphatic hydroxyl groups excluding tert-OH is 1. The second-order valence-electron chi connectivity index (χ2n) is 11.8. The molecule has 0 saturated heterocycles. The molecule has 3 fully saturated rings. The first-order valence-corrected chi connectivity index (χ1v) is 13.0. The van der Waals surface area contributed by atoms with Gasteiger partial charge in [-0.3, -0.25) is 0 Å². The van der Waals surface area contributed by atoms with E-state index in [0.717, 1.165) is 42.0 Å². The quantitative estimate of drug-likeness (QED) is 0.484. The Hall–Kier alpha value is -1.66. The second-order valence-corrected chi connectivity index (χ2v) is 11.8. The maximum Gasteiger partial charge on any atom is 0.208 e. The van der Waals surface area contributed by atoms with Gasteiger partial charge in [-0.05, 0) is 100 Å². The van der Waals surface area contributed by atoms with E-state index in [-0.39, 0.29) is 11.5 Å². The number of oxazole rings is 1. The zero-order valence-electron chi connectivity index (χ0n) is 20.8. The van der Waals surface area contributed by atoms with Crippen LogP contribution in [0.4, 0.5) is 0 Å². The summed E-state index contributed by atoms with van der Waals surface area (Å²) in [7, 11) is 4.01. The molecule has 3 unspecified atom stereocenters. The number of nitrogens with zero attached hydrogens (tertiary/aromatic N) is 3. The van der Waals surface area contributed by atoms with Crippen molar-refractivity contribution in [2.75, 3.05) is 20.7 Å². The fraction of sp³-hybridized carbons (Fsp3) is 0.778. The topological polar surface area (TPSA) is 71.1 Å². The fourth-order valence-electron chi connectivity index (χ4n) is 7.70. The zero-order chi connectivity index (χ0) is 23.2. The van der Waals surface area contributed by atoms with Crippen molar-refractivity contribution < 1.29 is 14.4 Å². The van der Waals surface area contributed by atoms with Crippen LogP contribution < -0.4 is 0 Å². The Balaban J connectivity index is 1.20. The van der Waals surface area contributed by atoms with Gasteiger partial charge < -0.3 is 19.3 Å². The van der Waals surface area contributed by atoms with Crippen LogP contribution in [0.3, 0.4) is 0 Å². The normalized spacial score (nSPS) is 39.2. The highest BCUT2D eigenvalue weighted by Crippen LogP contribution is 2.65. The van der Waals surface area contributed by atoms with E-state index in [4.69, 9.17) is 9.25 Å². The van der Waals surface area contributed by atoms with Crippen LogP contribution in [0.25, 0.3) is 0 Å². The zero-order valence-corrected chi connectivity index (χ0v) is 20.8. The van der Waals surface area contributed by atoms with Crippen LogP contribution in [0.1, 0.15) is 76.9 Å². The molecule has 6 atom stereocenters. The first-order chi connectivity index (χ1) is 15.8. The lowest BCUT2D eigenvalue weighted by molar-refractivity contribution is -0.0722. The summed E-state index contributed by atoms with van der Waals surface area (Å²) >= 11 is 0. The molecule has 6 heteroatoms. The molecular formula is C27H41N3O3. The summed E-state index contributed by atoms with van der Waals surface area (Å²) in [6, 6.07) is 0. The molecule has 5 rings (SSSR count).